The van der Waals surface area contributed by atoms with Crippen LogP contribution in [0.15, 0.2) is 46.9 Å². The fraction of sp³-hybridized carbons (Fsp3) is 0.190. The number of carbonyl (C=O) groups is 1. The van der Waals surface area contributed by atoms with E-state index in [4.69, 9.17) is 14.4 Å². The molecule has 29 heavy (non-hydrogen) atoms. The Labute approximate surface area is 165 Å². The van der Waals surface area contributed by atoms with Crippen LogP contribution in [0, 0.1) is 23.0 Å². The molecule has 0 unspecified atom stereocenters. The molecule has 2 heterocycles. The molecule has 2 aromatic carbocycles. The Morgan fingerprint density at radius 1 is 1.28 bits per heavy atom. The molecule has 1 aromatic heterocycles. The van der Waals surface area contributed by atoms with Crippen molar-refractivity contribution in [1.29, 1.82) is 5.26 Å². The van der Waals surface area contributed by atoms with Crippen LogP contribution in [0.5, 0.6) is 5.75 Å². The van der Waals surface area contributed by atoms with E-state index in [9.17, 15) is 13.6 Å². The molecule has 0 atom stereocenters. The average molecular weight is 395 g/mol. The van der Waals surface area contributed by atoms with Crippen molar-refractivity contribution in [1.82, 2.24) is 9.88 Å². The second-order valence-electron chi connectivity index (χ2n) is 6.51. The number of rotatable bonds is 4. The van der Waals surface area contributed by atoms with E-state index in [1.165, 1.54) is 29.2 Å². The van der Waals surface area contributed by atoms with Gasteiger partial charge in [0.25, 0.3) is 5.91 Å². The minimum atomic E-state index is -0.729. The Kier molecular flexibility index (Phi) is 4.96. The van der Waals surface area contributed by atoms with E-state index in [0.29, 0.717) is 30.4 Å². The fourth-order valence-corrected chi connectivity index (χ4v) is 3.11. The number of hydrogen-bond donors (Lipinski definition) is 0. The van der Waals surface area contributed by atoms with E-state index >= 15 is 0 Å². The van der Waals surface area contributed by atoms with Crippen molar-refractivity contribution in [3.8, 4) is 11.8 Å². The quantitative estimate of drug-likeness (QED) is 0.674. The van der Waals surface area contributed by atoms with Gasteiger partial charge in [-0.25, -0.2) is 13.8 Å². The lowest BCUT2D eigenvalue weighted by molar-refractivity contribution is 0.0717. The van der Waals surface area contributed by atoms with Gasteiger partial charge in [0, 0.05) is 24.6 Å². The van der Waals surface area contributed by atoms with E-state index in [-0.39, 0.29) is 30.2 Å². The zero-order valence-corrected chi connectivity index (χ0v) is 15.2. The fourth-order valence-electron chi connectivity index (χ4n) is 3.11. The van der Waals surface area contributed by atoms with Crippen molar-refractivity contribution in [3.05, 3.63) is 82.6 Å². The van der Waals surface area contributed by atoms with Crippen molar-refractivity contribution in [2.75, 3.05) is 6.54 Å². The number of fused-ring (bicyclic) bond motifs is 1. The number of carbonyl (C=O) groups excluding carboxylic acids is 1. The first-order valence-electron chi connectivity index (χ1n) is 8.88. The summed E-state index contributed by atoms with van der Waals surface area (Å²) in [4.78, 5) is 18.6. The smallest absolute Gasteiger partial charge is 0.254 e. The topological polar surface area (TPSA) is 79.4 Å². The van der Waals surface area contributed by atoms with Crippen LogP contribution < -0.4 is 4.74 Å². The molecule has 0 spiro atoms. The van der Waals surface area contributed by atoms with Crippen LogP contribution in [0.4, 0.5) is 8.78 Å². The van der Waals surface area contributed by atoms with E-state index in [1.54, 1.807) is 18.2 Å². The summed E-state index contributed by atoms with van der Waals surface area (Å²) >= 11 is 0. The Morgan fingerprint density at radius 2 is 2.14 bits per heavy atom. The molecular formula is C21H15F2N3O3. The number of oxazole rings is 1. The first-order valence-corrected chi connectivity index (χ1v) is 8.88. The molecule has 1 amide bonds. The molecule has 0 N–H and O–H groups in total. The monoisotopic (exact) mass is 395 g/mol. The maximum absolute atomic E-state index is 13.8. The summed E-state index contributed by atoms with van der Waals surface area (Å²) in [6.45, 7) is 0.637. The summed E-state index contributed by atoms with van der Waals surface area (Å²) < 4.78 is 38.2. The normalized spacial score (nSPS) is 12.9. The Bertz CT molecular complexity index is 1120. The van der Waals surface area contributed by atoms with Crippen LogP contribution in [0.1, 0.15) is 33.3 Å². The first-order chi connectivity index (χ1) is 14.0. The number of ether oxygens (including phenoxy) is 1. The van der Waals surface area contributed by atoms with E-state index in [1.807, 2.05) is 0 Å². The lowest BCUT2D eigenvalue weighted by Gasteiger charge is -2.25. The summed E-state index contributed by atoms with van der Waals surface area (Å²) in [6, 6.07) is 11.3. The molecule has 1 aliphatic heterocycles. The van der Waals surface area contributed by atoms with E-state index < -0.39 is 11.6 Å². The van der Waals surface area contributed by atoms with Gasteiger partial charge in [-0.05, 0) is 30.3 Å². The third-order valence-electron chi connectivity index (χ3n) is 4.56. The zero-order valence-electron chi connectivity index (χ0n) is 15.2. The first kappa shape index (κ1) is 18.6. The van der Waals surface area contributed by atoms with Crippen molar-refractivity contribution in [2.45, 2.75) is 19.6 Å². The molecule has 0 saturated carbocycles. The van der Waals surface area contributed by atoms with Gasteiger partial charge in [-0.2, -0.15) is 5.26 Å². The number of nitriles is 1. The second-order valence-corrected chi connectivity index (χ2v) is 6.51. The van der Waals surface area contributed by atoms with Crippen LogP contribution in [-0.4, -0.2) is 22.3 Å². The van der Waals surface area contributed by atoms with E-state index in [2.05, 4.69) is 4.98 Å². The highest BCUT2D eigenvalue weighted by Gasteiger charge is 2.26. The minimum absolute atomic E-state index is 0.0330. The molecule has 0 aliphatic carbocycles. The standard InChI is InChI=1S/C21H15F2N3O3/c22-15-2-1-3-16(9-15)28-12-20-25-18-6-7-26(11-19(18)29-20)21(27)13-4-5-14(10-24)17(23)8-13/h1-5,8-9H,6-7,11-12H2. The number of halogens is 2. The minimum Gasteiger partial charge on any atom is -0.484 e. The second kappa shape index (κ2) is 7.72. The van der Waals surface area contributed by atoms with Crippen molar-refractivity contribution >= 4 is 5.91 Å². The van der Waals surface area contributed by atoms with Gasteiger partial charge in [0.05, 0.1) is 17.8 Å². The van der Waals surface area contributed by atoms with Gasteiger partial charge in [-0.15, -0.1) is 0 Å². The average Bonchev–Trinajstić information content (AvgIpc) is 3.14. The number of aromatic nitrogens is 1. The molecule has 0 radical (unpaired) electrons. The molecule has 0 saturated heterocycles. The number of hydrogen-bond acceptors (Lipinski definition) is 5. The molecule has 3 aromatic rings. The van der Waals surface area contributed by atoms with Gasteiger partial charge in [-0.3, -0.25) is 4.79 Å². The summed E-state index contributed by atoms with van der Waals surface area (Å²) in [5.41, 5.74) is 0.790. The summed E-state index contributed by atoms with van der Waals surface area (Å²) in [7, 11) is 0. The van der Waals surface area contributed by atoms with Gasteiger partial charge in [-0.1, -0.05) is 6.07 Å². The lowest BCUT2D eigenvalue weighted by Crippen LogP contribution is -2.35. The van der Waals surface area contributed by atoms with Crippen molar-refractivity contribution < 1.29 is 22.7 Å². The molecule has 0 bridgehead atoms. The highest BCUT2D eigenvalue weighted by atomic mass is 19.1. The van der Waals surface area contributed by atoms with Crippen molar-refractivity contribution in [2.24, 2.45) is 0 Å². The van der Waals surface area contributed by atoms with Crippen LogP contribution >= 0.6 is 0 Å². The molecule has 4 rings (SSSR count). The zero-order chi connectivity index (χ0) is 20.4. The molecule has 1 aliphatic rings. The van der Waals surface area contributed by atoms with Gasteiger partial charge in [0.1, 0.15) is 29.2 Å². The van der Waals surface area contributed by atoms with Crippen LogP contribution in [0.2, 0.25) is 0 Å². The van der Waals surface area contributed by atoms with Crippen LogP contribution in [-0.2, 0) is 19.6 Å². The van der Waals surface area contributed by atoms with Crippen LogP contribution in [0.3, 0.4) is 0 Å². The Morgan fingerprint density at radius 3 is 2.90 bits per heavy atom. The molecule has 146 valence electrons. The molecule has 6 nitrogen and oxygen atoms in total. The predicted molar refractivity (Wildman–Crippen MR) is 96.8 cm³/mol. The number of amides is 1. The highest BCUT2D eigenvalue weighted by Crippen LogP contribution is 2.23. The van der Waals surface area contributed by atoms with E-state index in [0.717, 1.165) is 11.8 Å². The Balaban J connectivity index is 1.44. The maximum atomic E-state index is 13.8. The maximum Gasteiger partial charge on any atom is 0.254 e. The highest BCUT2D eigenvalue weighted by molar-refractivity contribution is 5.94. The van der Waals surface area contributed by atoms with Gasteiger partial charge >= 0.3 is 0 Å². The van der Waals surface area contributed by atoms with Crippen molar-refractivity contribution in [3.63, 3.8) is 0 Å². The van der Waals surface area contributed by atoms with Gasteiger partial charge < -0.3 is 14.1 Å². The largest absolute Gasteiger partial charge is 0.484 e. The Hall–Kier alpha value is -3.73. The predicted octanol–water partition coefficient (Wildman–Crippen LogP) is 3.60. The summed E-state index contributed by atoms with van der Waals surface area (Å²) in [6.07, 6.45) is 0.489. The molecular weight excluding hydrogens is 380 g/mol. The summed E-state index contributed by atoms with van der Waals surface area (Å²) in [5.74, 6) is -0.251. The number of benzene rings is 2. The SMILES string of the molecule is N#Cc1ccc(C(=O)N2CCc3nc(COc4cccc(F)c4)oc3C2)cc1F. The summed E-state index contributed by atoms with van der Waals surface area (Å²) in [5, 5.41) is 8.80. The molecule has 0 fully saturated rings. The molecule has 8 heteroatoms. The van der Waals surface area contributed by atoms with Crippen LogP contribution in [0.25, 0.3) is 0 Å². The third-order valence-corrected chi connectivity index (χ3v) is 4.56. The van der Waals surface area contributed by atoms with Gasteiger partial charge in [0.15, 0.2) is 6.61 Å². The lowest BCUT2D eigenvalue weighted by atomic mass is 10.1. The number of nitrogens with zero attached hydrogens (tertiary/aromatic N) is 3. The van der Waals surface area contributed by atoms with Gasteiger partial charge in [0.2, 0.25) is 5.89 Å². The third kappa shape index (κ3) is 3.94.